The van der Waals surface area contributed by atoms with E-state index in [0.717, 1.165) is 0 Å². The molecule has 0 aliphatic carbocycles. The van der Waals surface area contributed by atoms with Crippen LogP contribution in [-0.2, 0) is 4.79 Å². The summed E-state index contributed by atoms with van der Waals surface area (Å²) in [5, 5.41) is 2.89. The molecule has 0 bridgehead atoms. The number of hydrogen-bond donors (Lipinski definition) is 2. The Balaban J connectivity index is 2.89. The number of nitrogens with two attached hydrogens (primary N) is 1. The van der Waals surface area contributed by atoms with Gasteiger partial charge in [0.15, 0.2) is 0 Å². The fourth-order valence-corrected chi connectivity index (χ4v) is 1.12. The van der Waals surface area contributed by atoms with Gasteiger partial charge in [0.05, 0.1) is 0 Å². The van der Waals surface area contributed by atoms with E-state index < -0.39 is 17.4 Å². The first-order valence-electron chi connectivity index (χ1n) is 4.67. The number of carbonyl (C=O) groups is 1. The number of halogens is 1. The van der Waals surface area contributed by atoms with Crippen LogP contribution in [0.25, 0.3) is 0 Å². The van der Waals surface area contributed by atoms with Crippen molar-refractivity contribution in [1.29, 1.82) is 0 Å². The molecule has 1 aromatic heterocycles. The normalized spacial score (nSPS) is 14.3. The lowest BCUT2D eigenvalue weighted by molar-refractivity contribution is -0.121. The van der Waals surface area contributed by atoms with E-state index in [4.69, 9.17) is 5.73 Å². The Morgan fingerprint density at radius 2 is 2.40 bits per heavy atom. The van der Waals surface area contributed by atoms with Crippen LogP contribution in [-0.4, -0.2) is 16.4 Å². The van der Waals surface area contributed by atoms with E-state index >= 15 is 0 Å². The topological polar surface area (TPSA) is 68.0 Å². The molecule has 0 fully saturated rings. The van der Waals surface area contributed by atoms with E-state index in [1.807, 2.05) is 6.92 Å². The van der Waals surface area contributed by atoms with Gasteiger partial charge in [0.25, 0.3) is 0 Å². The van der Waals surface area contributed by atoms with Crippen molar-refractivity contribution in [3.05, 3.63) is 24.3 Å². The molecular weight excluding hydrogens is 197 g/mol. The van der Waals surface area contributed by atoms with Crippen LogP contribution in [0.1, 0.15) is 20.3 Å². The van der Waals surface area contributed by atoms with Crippen molar-refractivity contribution < 1.29 is 9.18 Å². The quantitative estimate of drug-likeness (QED) is 0.737. The van der Waals surface area contributed by atoms with Crippen molar-refractivity contribution in [2.75, 3.05) is 5.32 Å². The molecule has 0 radical (unpaired) electrons. The maximum atomic E-state index is 12.8. The average molecular weight is 211 g/mol. The first kappa shape index (κ1) is 11.4. The van der Waals surface area contributed by atoms with E-state index in [2.05, 4.69) is 10.3 Å². The van der Waals surface area contributed by atoms with E-state index in [-0.39, 0.29) is 0 Å². The predicted octanol–water partition coefficient (Wildman–Crippen LogP) is 1.29. The molecule has 1 heterocycles. The van der Waals surface area contributed by atoms with E-state index in [1.54, 1.807) is 13.0 Å². The van der Waals surface area contributed by atoms with Gasteiger partial charge < -0.3 is 11.1 Å². The number of hydrogen-bond acceptors (Lipinski definition) is 3. The van der Waals surface area contributed by atoms with Gasteiger partial charge in [-0.3, -0.25) is 4.79 Å². The maximum Gasteiger partial charge on any atom is 0.242 e. The van der Waals surface area contributed by atoms with Gasteiger partial charge in [-0.05, 0) is 19.4 Å². The fourth-order valence-electron chi connectivity index (χ4n) is 1.12. The van der Waals surface area contributed by atoms with E-state index in [1.165, 1.54) is 12.3 Å². The summed E-state index contributed by atoms with van der Waals surface area (Å²) < 4.78 is 12.8. The van der Waals surface area contributed by atoms with Crippen molar-refractivity contribution in [3.8, 4) is 0 Å². The highest BCUT2D eigenvalue weighted by molar-refractivity contribution is 5.87. The molecule has 4 nitrogen and oxygen atoms in total. The summed E-state index contributed by atoms with van der Waals surface area (Å²) in [5.74, 6) is -1.06. The summed E-state index contributed by atoms with van der Waals surface area (Å²) in [6, 6.07) is 2.80. The molecule has 0 spiro atoms. The Morgan fingerprint density at radius 3 is 2.87 bits per heavy atom. The minimum atomic E-state index is -0.867. The molecule has 0 aliphatic heterocycles. The first-order chi connectivity index (χ1) is 6.98. The smallest absolute Gasteiger partial charge is 0.242 e. The number of aromatic nitrogens is 1. The highest BCUT2D eigenvalue weighted by Crippen LogP contribution is 2.17. The minimum Gasteiger partial charge on any atom is -0.371 e. The van der Waals surface area contributed by atoms with Gasteiger partial charge in [-0.15, -0.1) is 0 Å². The number of pyridine rings is 1. The van der Waals surface area contributed by atoms with Crippen molar-refractivity contribution in [3.63, 3.8) is 0 Å². The van der Waals surface area contributed by atoms with Crippen LogP contribution < -0.4 is 11.1 Å². The lowest BCUT2D eigenvalue weighted by Gasteiger charge is -2.26. The van der Waals surface area contributed by atoms with Crippen LogP contribution in [0.15, 0.2) is 18.3 Å². The average Bonchev–Trinajstić information content (AvgIpc) is 2.17. The number of amides is 1. The van der Waals surface area contributed by atoms with Crippen molar-refractivity contribution >= 4 is 11.6 Å². The van der Waals surface area contributed by atoms with Gasteiger partial charge in [0, 0.05) is 18.0 Å². The van der Waals surface area contributed by atoms with Crippen LogP contribution in [0, 0.1) is 5.95 Å². The van der Waals surface area contributed by atoms with Gasteiger partial charge >= 0.3 is 0 Å². The standard InChI is InChI=1S/C10H14FN3O/c1-3-10(2,9(12)15)14-7-4-5-13-8(11)6-7/h4-6H,3H2,1-2H3,(H2,12,15)(H,13,14). The number of nitrogens with zero attached hydrogens (tertiary/aromatic N) is 1. The number of carbonyl (C=O) groups excluding carboxylic acids is 1. The third kappa shape index (κ3) is 2.65. The second-order valence-electron chi connectivity index (χ2n) is 3.54. The molecule has 82 valence electrons. The molecule has 0 saturated heterocycles. The summed E-state index contributed by atoms with van der Waals surface area (Å²) in [4.78, 5) is 14.6. The Hall–Kier alpha value is -1.65. The monoisotopic (exact) mass is 211 g/mol. The van der Waals surface area contributed by atoms with Crippen molar-refractivity contribution in [2.24, 2.45) is 5.73 Å². The highest BCUT2D eigenvalue weighted by Gasteiger charge is 2.28. The summed E-state index contributed by atoms with van der Waals surface area (Å²) in [6.07, 6.45) is 1.85. The molecular formula is C10H14FN3O. The van der Waals surface area contributed by atoms with Gasteiger partial charge in [0.1, 0.15) is 5.54 Å². The predicted molar refractivity (Wildman–Crippen MR) is 55.7 cm³/mol. The third-order valence-electron chi connectivity index (χ3n) is 2.40. The minimum absolute atomic E-state index is 0.470. The summed E-state index contributed by atoms with van der Waals surface area (Å²) in [7, 11) is 0. The fraction of sp³-hybridized carbons (Fsp3) is 0.400. The molecule has 1 atom stereocenters. The molecule has 0 aromatic carbocycles. The van der Waals surface area contributed by atoms with Gasteiger partial charge in [-0.2, -0.15) is 4.39 Å². The lowest BCUT2D eigenvalue weighted by atomic mass is 9.98. The number of anilines is 1. The second-order valence-corrected chi connectivity index (χ2v) is 3.54. The van der Waals surface area contributed by atoms with Crippen LogP contribution in [0.4, 0.5) is 10.1 Å². The van der Waals surface area contributed by atoms with Crippen LogP contribution >= 0.6 is 0 Å². The Bertz CT molecular complexity index is 369. The maximum absolute atomic E-state index is 12.8. The highest BCUT2D eigenvalue weighted by atomic mass is 19.1. The van der Waals surface area contributed by atoms with Crippen molar-refractivity contribution in [2.45, 2.75) is 25.8 Å². The zero-order chi connectivity index (χ0) is 11.5. The SMILES string of the molecule is CCC(C)(Nc1ccnc(F)c1)C(N)=O. The van der Waals surface area contributed by atoms with Gasteiger partial charge in [-0.25, -0.2) is 4.98 Å². The van der Waals surface area contributed by atoms with E-state index in [9.17, 15) is 9.18 Å². The molecule has 0 aliphatic rings. The largest absolute Gasteiger partial charge is 0.371 e. The molecule has 1 aromatic rings. The van der Waals surface area contributed by atoms with Gasteiger partial charge in [-0.1, -0.05) is 6.92 Å². The molecule has 1 rings (SSSR count). The zero-order valence-electron chi connectivity index (χ0n) is 8.75. The number of rotatable bonds is 4. The number of nitrogens with one attached hydrogen (secondary N) is 1. The second kappa shape index (κ2) is 4.25. The number of primary amides is 1. The van der Waals surface area contributed by atoms with Gasteiger partial charge in [0.2, 0.25) is 11.9 Å². The zero-order valence-corrected chi connectivity index (χ0v) is 8.75. The molecule has 15 heavy (non-hydrogen) atoms. The van der Waals surface area contributed by atoms with E-state index in [0.29, 0.717) is 12.1 Å². The summed E-state index contributed by atoms with van der Waals surface area (Å²) in [6.45, 7) is 3.50. The first-order valence-corrected chi connectivity index (χ1v) is 4.67. The molecule has 0 saturated carbocycles. The third-order valence-corrected chi connectivity index (χ3v) is 2.40. The lowest BCUT2D eigenvalue weighted by Crippen LogP contribution is -2.47. The van der Waals surface area contributed by atoms with Crippen LogP contribution in [0.5, 0.6) is 0 Å². The summed E-state index contributed by atoms with van der Waals surface area (Å²) in [5.41, 5.74) is 4.88. The van der Waals surface area contributed by atoms with Crippen LogP contribution in [0.2, 0.25) is 0 Å². The Kier molecular flexibility index (Phi) is 3.24. The van der Waals surface area contributed by atoms with Crippen LogP contribution in [0.3, 0.4) is 0 Å². The molecule has 1 amide bonds. The Morgan fingerprint density at radius 1 is 1.73 bits per heavy atom. The Labute approximate surface area is 87.7 Å². The van der Waals surface area contributed by atoms with Crippen molar-refractivity contribution in [1.82, 2.24) is 4.98 Å². The summed E-state index contributed by atoms with van der Waals surface area (Å²) >= 11 is 0. The molecule has 1 unspecified atom stereocenters. The molecule has 3 N–H and O–H groups in total. The molecule has 5 heteroatoms.